The van der Waals surface area contributed by atoms with Gasteiger partial charge in [0.2, 0.25) is 0 Å². The fraction of sp³-hybridized carbons (Fsp3) is 0.455. The number of halogens is 4. The Morgan fingerprint density at radius 3 is 2.63 bits per heavy atom. The molecule has 1 saturated carbocycles. The lowest BCUT2D eigenvalue weighted by atomic mass is 9.92. The predicted octanol–water partition coefficient (Wildman–Crippen LogP) is 3.22. The van der Waals surface area contributed by atoms with Crippen molar-refractivity contribution in [2.24, 2.45) is 0 Å². The van der Waals surface area contributed by atoms with Gasteiger partial charge >= 0.3 is 12.1 Å². The molecule has 1 aliphatic carbocycles. The summed E-state index contributed by atoms with van der Waals surface area (Å²) in [4.78, 5) is 19.3. The van der Waals surface area contributed by atoms with Crippen molar-refractivity contribution in [1.29, 1.82) is 0 Å². The summed E-state index contributed by atoms with van der Waals surface area (Å²) in [6.07, 6.45) is -1.31. The van der Waals surface area contributed by atoms with Crippen LogP contribution in [0.1, 0.15) is 19.3 Å². The van der Waals surface area contributed by atoms with Crippen LogP contribution in [0, 0.1) is 0 Å². The lowest BCUT2D eigenvalue weighted by Gasteiger charge is -2.36. The Balaban J connectivity index is 2.19. The molecule has 4 nitrogen and oxygen atoms in total. The van der Waals surface area contributed by atoms with Crippen LogP contribution in [-0.2, 0) is 9.63 Å². The molecule has 19 heavy (non-hydrogen) atoms. The normalized spacial score (nSPS) is 15.8. The molecule has 0 spiro atoms. The van der Waals surface area contributed by atoms with Crippen molar-refractivity contribution in [1.82, 2.24) is 4.98 Å². The molecule has 1 aliphatic rings. The summed E-state index contributed by atoms with van der Waals surface area (Å²) in [6, 6.07) is 2.77. The van der Waals surface area contributed by atoms with Gasteiger partial charge in [0.1, 0.15) is 4.60 Å². The van der Waals surface area contributed by atoms with Gasteiger partial charge in [0.05, 0.1) is 11.7 Å². The van der Waals surface area contributed by atoms with Gasteiger partial charge in [0.15, 0.2) is 0 Å². The molecule has 1 fully saturated rings. The summed E-state index contributed by atoms with van der Waals surface area (Å²) in [7, 11) is 0. The van der Waals surface area contributed by atoms with E-state index in [-0.39, 0.29) is 6.04 Å². The van der Waals surface area contributed by atoms with Crippen LogP contribution in [0.4, 0.5) is 18.9 Å². The van der Waals surface area contributed by atoms with Crippen LogP contribution in [0.2, 0.25) is 0 Å². The smallest absolute Gasteiger partial charge is 0.332 e. The summed E-state index contributed by atoms with van der Waals surface area (Å²) >= 11 is 3.12. The maximum absolute atomic E-state index is 12.3. The third-order valence-corrected chi connectivity index (χ3v) is 3.22. The summed E-state index contributed by atoms with van der Waals surface area (Å²) in [5.74, 6) is -2.22. The number of anilines is 1. The van der Waals surface area contributed by atoms with Gasteiger partial charge in [0, 0.05) is 6.20 Å². The average Bonchev–Trinajstić information content (AvgIpc) is 2.24. The summed E-state index contributed by atoms with van der Waals surface area (Å²) in [5.41, 5.74) is 0.365. The Hall–Kier alpha value is -1.31. The van der Waals surface area contributed by atoms with Crippen molar-refractivity contribution in [2.75, 3.05) is 5.06 Å². The molecule has 8 heteroatoms. The average molecular weight is 339 g/mol. The highest BCUT2D eigenvalue weighted by molar-refractivity contribution is 9.10. The van der Waals surface area contributed by atoms with Crippen molar-refractivity contribution in [3.8, 4) is 0 Å². The third-order valence-electron chi connectivity index (χ3n) is 2.78. The van der Waals surface area contributed by atoms with Gasteiger partial charge in [-0.15, -0.1) is 0 Å². The first-order chi connectivity index (χ1) is 8.88. The zero-order valence-electron chi connectivity index (χ0n) is 9.65. The van der Waals surface area contributed by atoms with Crippen molar-refractivity contribution < 1.29 is 22.8 Å². The molecule has 104 valence electrons. The highest BCUT2D eigenvalue weighted by atomic mass is 79.9. The van der Waals surface area contributed by atoms with E-state index in [1.807, 2.05) is 0 Å². The van der Waals surface area contributed by atoms with Gasteiger partial charge in [-0.3, -0.25) is 0 Å². The van der Waals surface area contributed by atoms with E-state index in [2.05, 4.69) is 25.8 Å². The van der Waals surface area contributed by atoms with Crippen molar-refractivity contribution >= 4 is 27.6 Å². The minimum absolute atomic E-state index is 0.222. The number of hydrogen-bond donors (Lipinski definition) is 0. The quantitative estimate of drug-likeness (QED) is 0.626. The summed E-state index contributed by atoms with van der Waals surface area (Å²) in [5, 5.41) is 1.02. The molecule has 0 atom stereocenters. The van der Waals surface area contributed by atoms with E-state index in [9.17, 15) is 18.0 Å². The lowest BCUT2D eigenvalue weighted by molar-refractivity contribution is -0.202. The molecule has 1 aromatic heterocycles. The Bertz CT molecular complexity index is 477. The molecule has 2 rings (SSSR count). The van der Waals surface area contributed by atoms with Crippen LogP contribution in [0.5, 0.6) is 0 Å². The number of nitrogens with zero attached hydrogens (tertiary/aromatic N) is 2. The number of hydrogen-bond acceptors (Lipinski definition) is 4. The fourth-order valence-electron chi connectivity index (χ4n) is 1.63. The number of rotatable bonds is 3. The van der Waals surface area contributed by atoms with Gasteiger partial charge in [-0.2, -0.15) is 13.2 Å². The number of alkyl halides is 3. The number of pyridine rings is 1. The number of carbonyl (C=O) groups is 1. The van der Waals surface area contributed by atoms with E-state index in [4.69, 9.17) is 0 Å². The standard InChI is InChI=1S/C11H10BrF3N2O2/c12-9-6-8(4-5-16-9)17(7-2-1-3-7)19-10(18)11(13,14)15/h4-7H,1-3H2. The topological polar surface area (TPSA) is 42.4 Å². The van der Waals surface area contributed by atoms with Crippen LogP contribution in [0.25, 0.3) is 0 Å². The minimum atomic E-state index is -5.01. The van der Waals surface area contributed by atoms with E-state index < -0.39 is 12.1 Å². The van der Waals surface area contributed by atoms with Gasteiger partial charge < -0.3 is 4.84 Å². The summed E-state index contributed by atoms with van der Waals surface area (Å²) in [6.45, 7) is 0. The minimum Gasteiger partial charge on any atom is -0.332 e. The van der Waals surface area contributed by atoms with Crippen LogP contribution in [0.3, 0.4) is 0 Å². The van der Waals surface area contributed by atoms with E-state index >= 15 is 0 Å². The Morgan fingerprint density at radius 2 is 2.16 bits per heavy atom. The van der Waals surface area contributed by atoms with Gasteiger partial charge in [0.25, 0.3) is 0 Å². The van der Waals surface area contributed by atoms with E-state index in [0.717, 1.165) is 11.5 Å². The van der Waals surface area contributed by atoms with Crippen LogP contribution in [-0.4, -0.2) is 23.2 Å². The van der Waals surface area contributed by atoms with Crippen molar-refractivity contribution in [3.05, 3.63) is 22.9 Å². The predicted molar refractivity (Wildman–Crippen MR) is 64.2 cm³/mol. The van der Waals surface area contributed by atoms with Crippen LogP contribution in [0.15, 0.2) is 22.9 Å². The van der Waals surface area contributed by atoms with E-state index in [1.54, 1.807) is 0 Å². The molecular weight excluding hydrogens is 329 g/mol. The molecule has 1 heterocycles. The SMILES string of the molecule is O=C(ON(c1ccnc(Br)c1)C1CCC1)C(F)(F)F. The molecule has 0 bridgehead atoms. The Labute approximate surface area is 115 Å². The van der Waals surface area contributed by atoms with Gasteiger partial charge in [-0.1, -0.05) is 0 Å². The van der Waals surface area contributed by atoms with Crippen molar-refractivity contribution in [3.63, 3.8) is 0 Å². The molecule has 0 radical (unpaired) electrons. The van der Waals surface area contributed by atoms with Crippen LogP contribution >= 0.6 is 15.9 Å². The second-order valence-electron chi connectivity index (χ2n) is 4.12. The molecule has 0 N–H and O–H groups in total. The second kappa shape index (κ2) is 5.36. The molecule has 0 unspecified atom stereocenters. The van der Waals surface area contributed by atoms with Gasteiger partial charge in [-0.05, 0) is 47.3 Å². The highest BCUT2D eigenvalue weighted by Gasteiger charge is 2.44. The maximum Gasteiger partial charge on any atom is 0.493 e. The molecule has 0 aliphatic heterocycles. The Kier molecular flexibility index (Phi) is 3.98. The van der Waals surface area contributed by atoms with Gasteiger partial charge in [-0.25, -0.2) is 14.8 Å². The fourth-order valence-corrected chi connectivity index (χ4v) is 1.98. The summed E-state index contributed by atoms with van der Waals surface area (Å²) < 4.78 is 37.3. The highest BCUT2D eigenvalue weighted by Crippen LogP contribution is 2.32. The third kappa shape index (κ3) is 3.37. The molecular formula is C11H10BrF3N2O2. The number of aromatic nitrogens is 1. The monoisotopic (exact) mass is 338 g/mol. The number of hydroxylamine groups is 1. The first kappa shape index (κ1) is 14.1. The molecule has 1 aromatic rings. The second-order valence-corrected chi connectivity index (χ2v) is 4.94. The first-order valence-electron chi connectivity index (χ1n) is 5.58. The van der Waals surface area contributed by atoms with Crippen LogP contribution < -0.4 is 5.06 Å². The molecule has 0 aromatic carbocycles. The van der Waals surface area contributed by atoms with Crippen molar-refractivity contribution in [2.45, 2.75) is 31.5 Å². The zero-order chi connectivity index (χ0) is 14.0. The first-order valence-corrected chi connectivity index (χ1v) is 6.37. The molecule has 0 amide bonds. The van der Waals surface area contributed by atoms with E-state index in [1.165, 1.54) is 18.3 Å². The zero-order valence-corrected chi connectivity index (χ0v) is 11.2. The van der Waals surface area contributed by atoms with E-state index in [0.29, 0.717) is 23.1 Å². The molecule has 0 saturated heterocycles. The largest absolute Gasteiger partial charge is 0.493 e. The lowest BCUT2D eigenvalue weighted by Crippen LogP contribution is -2.44. The number of carbonyl (C=O) groups excluding carboxylic acids is 1. The Morgan fingerprint density at radius 1 is 1.47 bits per heavy atom. The maximum atomic E-state index is 12.3.